The lowest BCUT2D eigenvalue weighted by atomic mass is 9.95. The number of methoxy groups -OCH3 is 3. The monoisotopic (exact) mass is 657 g/mol. The molecular weight excluding hydrogens is 626 g/mol. The van der Waals surface area contributed by atoms with Crippen molar-refractivity contribution in [2.45, 2.75) is 26.4 Å². The van der Waals surface area contributed by atoms with E-state index < -0.39 is 12.0 Å². The van der Waals surface area contributed by atoms with Gasteiger partial charge in [-0.3, -0.25) is 9.36 Å². The number of halogens is 1. The smallest absolute Gasteiger partial charge is 0.338 e. The summed E-state index contributed by atoms with van der Waals surface area (Å²) < 4.78 is 26.4. The predicted molar refractivity (Wildman–Crippen MR) is 179 cm³/mol. The van der Waals surface area contributed by atoms with Crippen LogP contribution in [0.3, 0.4) is 0 Å². The van der Waals surface area contributed by atoms with Crippen molar-refractivity contribution in [1.82, 2.24) is 9.13 Å². The Balaban J connectivity index is 1.54. The average molecular weight is 658 g/mol. The zero-order chi connectivity index (χ0) is 32.5. The Bertz CT molecular complexity index is 2150. The van der Waals surface area contributed by atoms with Crippen LogP contribution in [0.4, 0.5) is 0 Å². The van der Waals surface area contributed by atoms with E-state index in [9.17, 15) is 9.59 Å². The number of allylic oxidation sites excluding steroid dienone is 1. The largest absolute Gasteiger partial charge is 0.493 e. The van der Waals surface area contributed by atoms with Crippen molar-refractivity contribution < 1.29 is 23.7 Å². The molecule has 0 radical (unpaired) electrons. The fraction of sp³-hybridized carbons (Fsp3) is 0.229. The van der Waals surface area contributed by atoms with Crippen LogP contribution < -0.4 is 29.1 Å². The molecule has 3 aromatic carbocycles. The SMILES string of the molecule is CCOC(=O)C1=C(C)N=c2s/c(=C\c3cn(Cc4ccc(Cl)cc4)c4ccccc34)c(=O)n2[C@@H]1c1cc(OC)c(OC)c(OC)c1. The fourth-order valence-corrected chi connectivity index (χ4v) is 6.98. The second kappa shape index (κ2) is 12.9. The third-order valence-electron chi connectivity index (χ3n) is 7.89. The molecule has 11 heteroatoms. The molecule has 0 saturated carbocycles. The number of thiazole rings is 1. The van der Waals surface area contributed by atoms with E-state index in [1.807, 2.05) is 54.7 Å². The Morgan fingerprint density at radius 3 is 2.37 bits per heavy atom. The summed E-state index contributed by atoms with van der Waals surface area (Å²) in [6, 6.07) is 18.5. The van der Waals surface area contributed by atoms with Crippen LogP contribution in [0.2, 0.25) is 5.02 Å². The minimum atomic E-state index is -0.850. The molecule has 0 saturated heterocycles. The second-order valence-corrected chi connectivity index (χ2v) is 12.1. The standard InChI is InChI=1S/C35H32ClN3O6S/c1-6-45-34(41)30-20(2)37-35-39(31(30)22-15-27(42-3)32(44-5)28(16-22)43-4)33(40)29(46-35)17-23-19-38(26-10-8-7-9-25(23)26)18-21-11-13-24(36)14-12-21/h7-17,19,31H,6,18H2,1-5H3/b29-17-/t31-/m1/s1. The first kappa shape index (κ1) is 31.2. The lowest BCUT2D eigenvalue weighted by molar-refractivity contribution is -0.139. The number of nitrogens with zero attached hydrogens (tertiary/aromatic N) is 3. The van der Waals surface area contributed by atoms with Crippen molar-refractivity contribution in [3.8, 4) is 17.2 Å². The minimum absolute atomic E-state index is 0.169. The summed E-state index contributed by atoms with van der Waals surface area (Å²) in [5, 5.41) is 1.69. The molecule has 5 aromatic rings. The minimum Gasteiger partial charge on any atom is -0.493 e. The maximum Gasteiger partial charge on any atom is 0.338 e. The molecule has 3 heterocycles. The van der Waals surface area contributed by atoms with Crippen LogP contribution in [0.5, 0.6) is 17.2 Å². The van der Waals surface area contributed by atoms with Crippen molar-refractivity contribution in [2.75, 3.05) is 27.9 Å². The van der Waals surface area contributed by atoms with Gasteiger partial charge < -0.3 is 23.5 Å². The molecular formula is C35H32ClN3O6S. The first-order chi connectivity index (χ1) is 22.3. The quantitative estimate of drug-likeness (QED) is 0.195. The van der Waals surface area contributed by atoms with E-state index in [4.69, 9.17) is 35.5 Å². The number of para-hydroxylation sites is 1. The van der Waals surface area contributed by atoms with Crippen molar-refractivity contribution in [3.63, 3.8) is 0 Å². The fourth-order valence-electron chi connectivity index (χ4n) is 5.81. The van der Waals surface area contributed by atoms with Gasteiger partial charge in [-0.2, -0.15) is 0 Å². The van der Waals surface area contributed by atoms with Gasteiger partial charge in [0, 0.05) is 34.2 Å². The van der Waals surface area contributed by atoms with Gasteiger partial charge in [-0.15, -0.1) is 0 Å². The Labute approximate surface area is 274 Å². The summed E-state index contributed by atoms with van der Waals surface area (Å²) in [6.45, 7) is 4.29. The molecule has 1 aliphatic rings. The molecule has 9 nitrogen and oxygen atoms in total. The molecule has 0 N–H and O–H groups in total. The van der Waals surface area contributed by atoms with Gasteiger partial charge in [0.2, 0.25) is 5.75 Å². The van der Waals surface area contributed by atoms with Crippen LogP contribution in [0.25, 0.3) is 17.0 Å². The summed E-state index contributed by atoms with van der Waals surface area (Å²) in [7, 11) is 4.55. The van der Waals surface area contributed by atoms with Gasteiger partial charge in [0.1, 0.15) is 0 Å². The first-order valence-corrected chi connectivity index (χ1v) is 15.8. The topological polar surface area (TPSA) is 93.3 Å². The third-order valence-corrected chi connectivity index (χ3v) is 9.13. The molecule has 236 valence electrons. The predicted octanol–water partition coefficient (Wildman–Crippen LogP) is 5.48. The van der Waals surface area contributed by atoms with E-state index in [1.165, 1.54) is 32.7 Å². The van der Waals surface area contributed by atoms with Crippen LogP contribution in [-0.4, -0.2) is 43.0 Å². The average Bonchev–Trinajstić information content (AvgIpc) is 3.56. The highest BCUT2D eigenvalue weighted by Crippen LogP contribution is 2.42. The van der Waals surface area contributed by atoms with E-state index >= 15 is 0 Å². The molecule has 0 spiro atoms. The van der Waals surface area contributed by atoms with Crippen LogP contribution >= 0.6 is 22.9 Å². The highest BCUT2D eigenvalue weighted by atomic mass is 35.5. The van der Waals surface area contributed by atoms with E-state index in [1.54, 1.807) is 30.5 Å². The molecule has 0 fully saturated rings. The number of carbonyl (C=O) groups excluding carboxylic acids is 1. The van der Waals surface area contributed by atoms with E-state index in [-0.39, 0.29) is 17.7 Å². The van der Waals surface area contributed by atoms with E-state index in [0.717, 1.165) is 22.0 Å². The van der Waals surface area contributed by atoms with Gasteiger partial charge >= 0.3 is 5.97 Å². The number of aromatic nitrogens is 2. The van der Waals surface area contributed by atoms with E-state index in [0.29, 0.717) is 49.4 Å². The number of rotatable bonds is 9. The number of hydrogen-bond donors (Lipinski definition) is 0. The molecule has 6 rings (SSSR count). The molecule has 1 aliphatic heterocycles. The van der Waals surface area contributed by atoms with Crippen LogP contribution in [0.15, 0.2) is 87.9 Å². The van der Waals surface area contributed by atoms with Crippen LogP contribution in [-0.2, 0) is 16.1 Å². The molecule has 2 aromatic heterocycles. The van der Waals surface area contributed by atoms with Gasteiger partial charge in [0.05, 0.1) is 49.8 Å². The normalized spacial score (nSPS) is 14.7. The van der Waals surface area contributed by atoms with Gasteiger partial charge in [-0.05, 0) is 61.4 Å². The summed E-state index contributed by atoms with van der Waals surface area (Å²) in [4.78, 5) is 32.9. The lowest BCUT2D eigenvalue weighted by Gasteiger charge is -2.26. The Hall–Kier alpha value is -4.80. The van der Waals surface area contributed by atoms with Gasteiger partial charge in [0.25, 0.3) is 5.56 Å². The van der Waals surface area contributed by atoms with E-state index in [2.05, 4.69) is 10.6 Å². The molecule has 1 atom stereocenters. The number of fused-ring (bicyclic) bond motifs is 2. The molecule has 0 bridgehead atoms. The molecule has 0 aliphatic carbocycles. The molecule has 0 amide bonds. The maximum absolute atomic E-state index is 14.3. The Morgan fingerprint density at radius 2 is 1.72 bits per heavy atom. The summed E-state index contributed by atoms with van der Waals surface area (Å²) >= 11 is 7.38. The highest BCUT2D eigenvalue weighted by molar-refractivity contribution is 7.07. The lowest BCUT2D eigenvalue weighted by Crippen LogP contribution is -2.40. The zero-order valence-corrected chi connectivity index (χ0v) is 27.6. The van der Waals surface area contributed by atoms with Crippen molar-refractivity contribution in [3.05, 3.63) is 120 Å². The zero-order valence-electron chi connectivity index (χ0n) is 26.0. The van der Waals surface area contributed by atoms with Crippen molar-refractivity contribution >= 4 is 45.9 Å². The second-order valence-electron chi connectivity index (χ2n) is 10.6. The number of carbonyl (C=O) groups is 1. The van der Waals surface area contributed by atoms with Gasteiger partial charge in [-0.25, -0.2) is 9.79 Å². The Kier molecular flexibility index (Phi) is 8.75. The molecule has 46 heavy (non-hydrogen) atoms. The Morgan fingerprint density at radius 1 is 1.02 bits per heavy atom. The highest BCUT2D eigenvalue weighted by Gasteiger charge is 2.34. The van der Waals surface area contributed by atoms with Gasteiger partial charge in [0.15, 0.2) is 16.3 Å². The number of ether oxygens (including phenoxy) is 4. The van der Waals surface area contributed by atoms with Crippen LogP contribution in [0.1, 0.15) is 36.6 Å². The number of hydrogen-bond acceptors (Lipinski definition) is 8. The first-order valence-electron chi connectivity index (χ1n) is 14.6. The summed E-state index contributed by atoms with van der Waals surface area (Å²) in [6.07, 6.45) is 3.93. The number of benzene rings is 3. The summed E-state index contributed by atoms with van der Waals surface area (Å²) in [5.74, 6) is 0.632. The van der Waals surface area contributed by atoms with Crippen LogP contribution in [0, 0.1) is 0 Å². The van der Waals surface area contributed by atoms with Crippen molar-refractivity contribution in [1.29, 1.82) is 0 Å². The summed E-state index contributed by atoms with van der Waals surface area (Å²) in [5.41, 5.74) is 4.04. The third kappa shape index (κ3) is 5.59. The van der Waals surface area contributed by atoms with Gasteiger partial charge in [-0.1, -0.05) is 53.3 Å². The maximum atomic E-state index is 14.3. The molecule has 0 unspecified atom stereocenters. The number of esters is 1. The van der Waals surface area contributed by atoms with Crippen molar-refractivity contribution in [2.24, 2.45) is 4.99 Å².